The minimum atomic E-state index is -0.460. The number of aryl methyl sites for hydroxylation is 1. The van der Waals surface area contributed by atoms with Gasteiger partial charge >= 0.3 is 0 Å². The van der Waals surface area contributed by atoms with Crippen LogP contribution in [0.2, 0.25) is 0 Å². The molecule has 1 aliphatic rings. The number of rotatable bonds is 5. The summed E-state index contributed by atoms with van der Waals surface area (Å²) in [5, 5.41) is 12.1. The molecule has 0 bridgehead atoms. The monoisotopic (exact) mass is 337 g/mol. The Kier molecular flexibility index (Phi) is 5.58. The Bertz CT molecular complexity index is 763. The number of hydrogen-bond acceptors (Lipinski definition) is 5. The van der Waals surface area contributed by atoms with E-state index in [9.17, 15) is 4.79 Å². The molecule has 2 aromatic rings. The predicted octanol–water partition coefficient (Wildman–Crippen LogP) is 2.04. The first-order chi connectivity index (χ1) is 12.2. The third-order valence-corrected chi connectivity index (χ3v) is 4.37. The average molecular weight is 337 g/mol. The number of nitrogens with one attached hydrogen (secondary N) is 1. The molecule has 0 aliphatic carbocycles. The minimum Gasteiger partial charge on any atom is -0.388 e. The molecule has 1 aromatic carbocycles. The number of aromatic nitrogens is 1. The van der Waals surface area contributed by atoms with Crippen molar-refractivity contribution in [2.75, 3.05) is 37.7 Å². The highest BCUT2D eigenvalue weighted by atomic mass is 16.3. The van der Waals surface area contributed by atoms with Gasteiger partial charge in [-0.15, -0.1) is 0 Å². The quantitative estimate of drug-likeness (QED) is 0.818. The van der Waals surface area contributed by atoms with Crippen LogP contribution in [0.5, 0.6) is 0 Å². The van der Waals surface area contributed by atoms with Crippen molar-refractivity contribution in [1.29, 1.82) is 0 Å². The van der Waals surface area contributed by atoms with Crippen LogP contribution in [0, 0.1) is 6.92 Å². The van der Waals surface area contributed by atoms with Crippen LogP contribution in [-0.4, -0.2) is 48.7 Å². The lowest BCUT2D eigenvalue weighted by Gasteiger charge is -2.28. The zero-order valence-corrected chi connectivity index (χ0v) is 14.4. The van der Waals surface area contributed by atoms with E-state index in [0.717, 1.165) is 54.3 Å². The predicted molar refractivity (Wildman–Crippen MR) is 101 cm³/mol. The smallest absolute Gasteiger partial charge is 0.181 e. The van der Waals surface area contributed by atoms with E-state index in [1.165, 1.54) is 6.08 Å². The third kappa shape index (κ3) is 4.32. The Hall–Kier alpha value is -2.50. The maximum absolute atomic E-state index is 11.2. The number of piperazine rings is 1. The van der Waals surface area contributed by atoms with E-state index < -0.39 is 6.61 Å². The molecule has 2 N–H and O–H groups in total. The van der Waals surface area contributed by atoms with Crippen LogP contribution >= 0.6 is 0 Å². The van der Waals surface area contributed by atoms with Crippen LogP contribution in [0.25, 0.3) is 17.2 Å². The van der Waals surface area contributed by atoms with E-state index in [-0.39, 0.29) is 5.78 Å². The summed E-state index contributed by atoms with van der Waals surface area (Å²) in [6.45, 7) is 5.55. The number of aliphatic hydroxyl groups is 1. The Balaban J connectivity index is 1.77. The molecule has 2 heterocycles. The van der Waals surface area contributed by atoms with Gasteiger partial charge in [0.05, 0.1) is 0 Å². The van der Waals surface area contributed by atoms with Crippen LogP contribution in [-0.2, 0) is 4.79 Å². The molecule has 1 saturated heterocycles. The van der Waals surface area contributed by atoms with Gasteiger partial charge in [-0.05, 0) is 41.8 Å². The van der Waals surface area contributed by atoms with Gasteiger partial charge in [-0.25, -0.2) is 4.98 Å². The average Bonchev–Trinajstić information content (AvgIpc) is 2.67. The lowest BCUT2D eigenvalue weighted by atomic mass is 9.99. The summed E-state index contributed by atoms with van der Waals surface area (Å²) in [6.07, 6.45) is 5.05. The molecule has 0 unspecified atom stereocenters. The summed E-state index contributed by atoms with van der Waals surface area (Å²) >= 11 is 0. The minimum absolute atomic E-state index is 0.297. The number of aliphatic hydroxyl groups excluding tert-OH is 1. The number of benzene rings is 1. The number of carbonyl (C=O) groups is 1. The fourth-order valence-electron chi connectivity index (χ4n) is 2.98. The van der Waals surface area contributed by atoms with E-state index in [1.54, 1.807) is 6.08 Å². The molecule has 0 spiro atoms. The van der Waals surface area contributed by atoms with Gasteiger partial charge in [-0.1, -0.05) is 24.3 Å². The highest BCUT2D eigenvalue weighted by Crippen LogP contribution is 2.25. The van der Waals surface area contributed by atoms with Crippen LogP contribution in [0.1, 0.15) is 11.1 Å². The van der Waals surface area contributed by atoms with Gasteiger partial charge in [0.2, 0.25) is 0 Å². The van der Waals surface area contributed by atoms with Crippen LogP contribution in [0.4, 0.5) is 5.82 Å². The number of nitrogens with zero attached hydrogens (tertiary/aromatic N) is 2. The first kappa shape index (κ1) is 17.3. The normalized spacial score (nSPS) is 14.9. The molecule has 1 fully saturated rings. The fourth-order valence-corrected chi connectivity index (χ4v) is 2.98. The van der Waals surface area contributed by atoms with Crippen LogP contribution < -0.4 is 10.2 Å². The van der Waals surface area contributed by atoms with Gasteiger partial charge in [0.15, 0.2) is 5.78 Å². The van der Waals surface area contributed by atoms with Crippen molar-refractivity contribution in [2.24, 2.45) is 0 Å². The largest absolute Gasteiger partial charge is 0.388 e. The van der Waals surface area contributed by atoms with E-state index in [2.05, 4.69) is 27.3 Å². The molecule has 0 radical (unpaired) electrons. The summed E-state index contributed by atoms with van der Waals surface area (Å²) in [6, 6.07) is 10.2. The summed E-state index contributed by atoms with van der Waals surface area (Å²) < 4.78 is 0. The number of ketones is 1. The van der Waals surface area contributed by atoms with Gasteiger partial charge in [0.25, 0.3) is 0 Å². The Morgan fingerprint density at radius 1 is 1.28 bits per heavy atom. The second kappa shape index (κ2) is 8.05. The SMILES string of the molecule is Cc1cc(/C=C/C(=O)CO)ccc1-c1ccc(N2CCNCC2)nc1. The second-order valence-corrected chi connectivity index (χ2v) is 6.17. The summed E-state index contributed by atoms with van der Waals surface area (Å²) in [4.78, 5) is 18.1. The molecule has 0 saturated carbocycles. The molecule has 5 nitrogen and oxygen atoms in total. The van der Waals surface area contributed by atoms with E-state index in [1.807, 2.05) is 31.3 Å². The standard InChI is InChI=1S/C20H23N3O2/c1-15-12-16(2-5-18(25)14-24)3-6-19(15)17-4-7-20(22-13-17)23-10-8-21-9-11-23/h2-7,12-13,21,24H,8-11,14H2,1H3/b5-2+. The van der Waals surface area contributed by atoms with Gasteiger partial charge < -0.3 is 15.3 Å². The Morgan fingerprint density at radius 2 is 2.08 bits per heavy atom. The van der Waals surface area contributed by atoms with Crippen molar-refractivity contribution in [1.82, 2.24) is 10.3 Å². The molecule has 1 aromatic heterocycles. The molecule has 3 rings (SSSR count). The van der Waals surface area contributed by atoms with Crippen molar-refractivity contribution in [3.63, 3.8) is 0 Å². The Morgan fingerprint density at radius 3 is 2.72 bits per heavy atom. The van der Waals surface area contributed by atoms with Gasteiger partial charge in [0.1, 0.15) is 12.4 Å². The number of hydrogen-bond donors (Lipinski definition) is 2. The number of anilines is 1. The lowest BCUT2D eigenvalue weighted by molar-refractivity contribution is -0.117. The number of pyridine rings is 1. The second-order valence-electron chi connectivity index (χ2n) is 6.17. The molecule has 0 amide bonds. The molecule has 25 heavy (non-hydrogen) atoms. The summed E-state index contributed by atoms with van der Waals surface area (Å²) in [5.74, 6) is 0.722. The van der Waals surface area contributed by atoms with Gasteiger partial charge in [-0.3, -0.25) is 4.79 Å². The lowest BCUT2D eigenvalue weighted by Crippen LogP contribution is -2.43. The molecular formula is C20H23N3O2. The van der Waals surface area contributed by atoms with Crippen molar-refractivity contribution in [3.05, 3.63) is 53.7 Å². The first-order valence-electron chi connectivity index (χ1n) is 8.52. The van der Waals surface area contributed by atoms with Gasteiger partial charge in [0, 0.05) is 37.9 Å². The van der Waals surface area contributed by atoms with Crippen LogP contribution in [0.3, 0.4) is 0 Å². The third-order valence-electron chi connectivity index (χ3n) is 4.37. The number of carbonyl (C=O) groups excluding carboxylic acids is 1. The maximum Gasteiger partial charge on any atom is 0.181 e. The fraction of sp³-hybridized carbons (Fsp3) is 0.300. The summed E-state index contributed by atoms with van der Waals surface area (Å²) in [5.41, 5.74) is 4.27. The highest BCUT2D eigenvalue weighted by molar-refractivity contribution is 5.94. The van der Waals surface area contributed by atoms with Crippen molar-refractivity contribution >= 4 is 17.7 Å². The maximum atomic E-state index is 11.2. The topological polar surface area (TPSA) is 65.5 Å². The molecule has 1 aliphatic heterocycles. The zero-order chi connectivity index (χ0) is 17.6. The van der Waals surface area contributed by atoms with E-state index >= 15 is 0 Å². The van der Waals surface area contributed by atoms with Crippen molar-refractivity contribution in [3.8, 4) is 11.1 Å². The van der Waals surface area contributed by atoms with Crippen molar-refractivity contribution in [2.45, 2.75) is 6.92 Å². The summed E-state index contributed by atoms with van der Waals surface area (Å²) in [7, 11) is 0. The van der Waals surface area contributed by atoms with E-state index in [0.29, 0.717) is 0 Å². The first-order valence-corrected chi connectivity index (χ1v) is 8.52. The van der Waals surface area contributed by atoms with Crippen molar-refractivity contribution < 1.29 is 9.90 Å². The van der Waals surface area contributed by atoms with Crippen LogP contribution in [0.15, 0.2) is 42.6 Å². The zero-order valence-electron chi connectivity index (χ0n) is 14.4. The molecule has 5 heteroatoms. The van der Waals surface area contributed by atoms with E-state index in [4.69, 9.17) is 5.11 Å². The molecular weight excluding hydrogens is 314 g/mol. The molecule has 130 valence electrons. The molecule has 0 atom stereocenters. The highest BCUT2D eigenvalue weighted by Gasteiger charge is 2.11. The Labute approximate surface area is 148 Å². The van der Waals surface area contributed by atoms with Gasteiger partial charge in [-0.2, -0.15) is 0 Å².